The fraction of sp³-hybridized carbons (Fsp3) is 0.417. The maximum atomic E-state index is 11.7. The van der Waals surface area contributed by atoms with Gasteiger partial charge in [0.15, 0.2) is 11.5 Å². The number of aliphatic hydroxyl groups is 1. The smallest absolute Gasteiger partial charge is 0.273 e. The number of hydrogen-bond donors (Lipinski definition) is 2. The summed E-state index contributed by atoms with van der Waals surface area (Å²) in [5.41, 5.74) is 1.24. The van der Waals surface area contributed by atoms with Crippen molar-refractivity contribution in [3.05, 3.63) is 35.5 Å². The molecule has 0 saturated carbocycles. The van der Waals surface area contributed by atoms with Gasteiger partial charge in [-0.05, 0) is 19.4 Å². The van der Waals surface area contributed by atoms with Crippen LogP contribution in [0.25, 0.3) is 0 Å². The molecular weight excluding hydrogens is 248 g/mol. The summed E-state index contributed by atoms with van der Waals surface area (Å²) in [5.74, 6) is 0.179. The third-order valence-electron chi connectivity index (χ3n) is 2.43. The lowest BCUT2D eigenvalue weighted by atomic mass is 10.3. The molecule has 102 valence electrons. The molecule has 2 aromatic rings. The van der Waals surface area contributed by atoms with Gasteiger partial charge in [-0.2, -0.15) is 5.10 Å². The quantitative estimate of drug-likeness (QED) is 0.812. The highest BCUT2D eigenvalue weighted by Gasteiger charge is 2.13. The molecule has 7 nitrogen and oxygen atoms in total. The standard InChI is InChI=1S/C12H16N4O3/c1-8-4-14-16(6-8)7-10-3-11(15-19-10)12(18)13-5-9(2)17/h3-4,6,9,17H,5,7H2,1-2H3,(H,13,18). The topological polar surface area (TPSA) is 93.2 Å². The van der Waals surface area contributed by atoms with Gasteiger partial charge >= 0.3 is 0 Å². The predicted molar refractivity (Wildman–Crippen MR) is 66.6 cm³/mol. The predicted octanol–water partition coefficient (Wildman–Crippen LogP) is 0.338. The second kappa shape index (κ2) is 5.66. The number of rotatable bonds is 5. The molecule has 2 aromatic heterocycles. The molecule has 19 heavy (non-hydrogen) atoms. The number of amides is 1. The summed E-state index contributed by atoms with van der Waals surface area (Å²) in [6.07, 6.45) is 3.02. The number of aliphatic hydroxyl groups excluding tert-OH is 1. The first-order valence-corrected chi connectivity index (χ1v) is 5.95. The van der Waals surface area contributed by atoms with Crippen LogP contribution in [0.4, 0.5) is 0 Å². The summed E-state index contributed by atoms with van der Waals surface area (Å²) in [6.45, 7) is 4.14. The van der Waals surface area contributed by atoms with Crippen molar-refractivity contribution >= 4 is 5.91 Å². The van der Waals surface area contributed by atoms with Crippen LogP contribution in [0.1, 0.15) is 28.7 Å². The van der Waals surface area contributed by atoms with Crippen LogP contribution in [0.2, 0.25) is 0 Å². The molecule has 1 atom stereocenters. The van der Waals surface area contributed by atoms with E-state index >= 15 is 0 Å². The van der Waals surface area contributed by atoms with Crippen LogP contribution in [-0.2, 0) is 6.54 Å². The van der Waals surface area contributed by atoms with E-state index in [2.05, 4.69) is 15.6 Å². The summed E-state index contributed by atoms with van der Waals surface area (Å²) in [5, 5.41) is 19.4. The van der Waals surface area contributed by atoms with E-state index in [4.69, 9.17) is 9.63 Å². The van der Waals surface area contributed by atoms with Crippen molar-refractivity contribution in [1.82, 2.24) is 20.3 Å². The average molecular weight is 264 g/mol. The van der Waals surface area contributed by atoms with E-state index in [1.165, 1.54) is 0 Å². The summed E-state index contributed by atoms with van der Waals surface area (Å²) < 4.78 is 6.77. The van der Waals surface area contributed by atoms with E-state index in [0.29, 0.717) is 12.3 Å². The number of carbonyl (C=O) groups is 1. The Bertz CT molecular complexity index is 559. The summed E-state index contributed by atoms with van der Waals surface area (Å²) in [7, 11) is 0. The van der Waals surface area contributed by atoms with Crippen LogP contribution in [0.15, 0.2) is 23.0 Å². The molecule has 0 aromatic carbocycles. The Kier molecular flexibility index (Phi) is 3.96. The van der Waals surface area contributed by atoms with E-state index < -0.39 is 6.10 Å². The molecule has 0 aliphatic rings. The Hall–Kier alpha value is -2.15. The van der Waals surface area contributed by atoms with Crippen LogP contribution in [0.5, 0.6) is 0 Å². The number of aromatic nitrogens is 3. The monoisotopic (exact) mass is 264 g/mol. The molecule has 7 heteroatoms. The highest BCUT2D eigenvalue weighted by Crippen LogP contribution is 2.06. The van der Waals surface area contributed by atoms with Gasteiger partial charge in [0.2, 0.25) is 0 Å². The zero-order valence-electron chi connectivity index (χ0n) is 10.8. The van der Waals surface area contributed by atoms with Crippen molar-refractivity contribution < 1.29 is 14.4 Å². The number of hydrogen-bond acceptors (Lipinski definition) is 5. The Labute approximate surface area is 110 Å². The van der Waals surface area contributed by atoms with Crippen molar-refractivity contribution in [2.75, 3.05) is 6.54 Å². The van der Waals surface area contributed by atoms with E-state index in [1.54, 1.807) is 23.9 Å². The lowest BCUT2D eigenvalue weighted by molar-refractivity contribution is 0.0915. The number of nitrogens with one attached hydrogen (secondary N) is 1. The van der Waals surface area contributed by atoms with Crippen LogP contribution < -0.4 is 5.32 Å². The first-order chi connectivity index (χ1) is 9.04. The second-order valence-corrected chi connectivity index (χ2v) is 4.45. The molecule has 0 radical (unpaired) electrons. The Morgan fingerprint density at radius 1 is 1.63 bits per heavy atom. The molecule has 1 unspecified atom stereocenters. The number of aryl methyl sites for hydroxylation is 1. The van der Waals surface area contributed by atoms with E-state index in [0.717, 1.165) is 5.56 Å². The van der Waals surface area contributed by atoms with Crippen molar-refractivity contribution in [1.29, 1.82) is 0 Å². The normalized spacial score (nSPS) is 12.4. The fourth-order valence-corrected chi connectivity index (χ4v) is 1.54. The zero-order chi connectivity index (χ0) is 13.8. The first kappa shape index (κ1) is 13.3. The van der Waals surface area contributed by atoms with E-state index in [-0.39, 0.29) is 18.1 Å². The van der Waals surface area contributed by atoms with Gasteiger partial charge in [0, 0.05) is 18.8 Å². The van der Waals surface area contributed by atoms with Gasteiger partial charge < -0.3 is 14.9 Å². The van der Waals surface area contributed by atoms with Crippen molar-refractivity contribution in [3.8, 4) is 0 Å². The van der Waals surface area contributed by atoms with Gasteiger partial charge in [0.25, 0.3) is 5.91 Å². The lowest BCUT2D eigenvalue weighted by Crippen LogP contribution is -2.30. The van der Waals surface area contributed by atoms with Gasteiger partial charge in [-0.1, -0.05) is 5.16 Å². The zero-order valence-corrected chi connectivity index (χ0v) is 10.8. The molecule has 0 aliphatic carbocycles. The summed E-state index contributed by atoms with van der Waals surface area (Å²) >= 11 is 0. The Morgan fingerprint density at radius 3 is 3.05 bits per heavy atom. The third-order valence-corrected chi connectivity index (χ3v) is 2.43. The molecule has 0 bridgehead atoms. The molecule has 0 spiro atoms. The SMILES string of the molecule is Cc1cnn(Cc2cc(C(=O)NCC(C)O)no2)c1. The second-order valence-electron chi connectivity index (χ2n) is 4.45. The highest BCUT2D eigenvalue weighted by molar-refractivity contribution is 5.92. The average Bonchev–Trinajstić information content (AvgIpc) is 2.96. The van der Waals surface area contributed by atoms with Crippen molar-refractivity contribution in [2.45, 2.75) is 26.5 Å². The lowest BCUT2D eigenvalue weighted by Gasteiger charge is -2.03. The summed E-state index contributed by atoms with van der Waals surface area (Å²) in [4.78, 5) is 11.7. The molecule has 0 aliphatic heterocycles. The fourth-order valence-electron chi connectivity index (χ4n) is 1.54. The van der Waals surface area contributed by atoms with Crippen molar-refractivity contribution in [2.24, 2.45) is 0 Å². The molecule has 0 saturated heterocycles. The van der Waals surface area contributed by atoms with Gasteiger partial charge in [-0.15, -0.1) is 0 Å². The van der Waals surface area contributed by atoms with Crippen molar-refractivity contribution in [3.63, 3.8) is 0 Å². The molecule has 2 N–H and O–H groups in total. The minimum Gasteiger partial charge on any atom is -0.392 e. The maximum Gasteiger partial charge on any atom is 0.273 e. The first-order valence-electron chi connectivity index (χ1n) is 5.95. The highest BCUT2D eigenvalue weighted by atomic mass is 16.5. The summed E-state index contributed by atoms with van der Waals surface area (Å²) in [6, 6.07) is 1.56. The molecule has 1 amide bonds. The molecule has 2 heterocycles. The maximum absolute atomic E-state index is 11.7. The van der Waals surface area contributed by atoms with Crippen LogP contribution in [0.3, 0.4) is 0 Å². The molecular formula is C12H16N4O3. The van der Waals surface area contributed by atoms with Gasteiger partial charge in [-0.25, -0.2) is 0 Å². The Morgan fingerprint density at radius 2 is 2.42 bits per heavy atom. The largest absolute Gasteiger partial charge is 0.392 e. The van der Waals surface area contributed by atoms with E-state index in [9.17, 15) is 4.79 Å². The molecule has 0 fully saturated rings. The van der Waals surface area contributed by atoms with Crippen LogP contribution in [0, 0.1) is 6.92 Å². The molecule has 2 rings (SSSR count). The van der Waals surface area contributed by atoms with Gasteiger partial charge in [0.1, 0.15) is 6.54 Å². The minimum absolute atomic E-state index is 0.180. The third kappa shape index (κ3) is 3.65. The van der Waals surface area contributed by atoms with Crippen LogP contribution in [-0.4, -0.2) is 38.6 Å². The van der Waals surface area contributed by atoms with Crippen LogP contribution >= 0.6 is 0 Å². The number of carbonyl (C=O) groups excluding carboxylic acids is 1. The van der Waals surface area contributed by atoms with Gasteiger partial charge in [0.05, 0.1) is 12.3 Å². The Balaban J connectivity index is 1.96. The van der Waals surface area contributed by atoms with E-state index in [1.807, 2.05) is 13.1 Å². The van der Waals surface area contributed by atoms with Gasteiger partial charge in [-0.3, -0.25) is 9.48 Å². The number of nitrogens with zero attached hydrogens (tertiary/aromatic N) is 3. The minimum atomic E-state index is -0.595.